The quantitative estimate of drug-likeness (QED) is 0.676. The van der Waals surface area contributed by atoms with Crippen LogP contribution in [-0.4, -0.2) is 70.3 Å². The molecule has 3 rings (SSSR count). The van der Waals surface area contributed by atoms with Gasteiger partial charge in [-0.15, -0.1) is 0 Å². The first-order valence-corrected chi connectivity index (χ1v) is 11.7. The van der Waals surface area contributed by atoms with Crippen molar-refractivity contribution in [3.05, 3.63) is 53.3 Å². The molecule has 0 unspecified atom stereocenters. The average Bonchev–Trinajstić information content (AvgIpc) is 2.74. The number of anilines is 2. The number of halogens is 2. The van der Waals surface area contributed by atoms with Crippen LogP contribution in [0.5, 0.6) is 0 Å². The van der Waals surface area contributed by atoms with E-state index >= 15 is 0 Å². The van der Waals surface area contributed by atoms with E-state index in [2.05, 4.69) is 15.1 Å². The molecule has 10 heteroatoms. The average molecular weight is 469 g/mol. The molecule has 2 aromatic rings. The second-order valence-electron chi connectivity index (χ2n) is 7.53. The first kappa shape index (κ1) is 23.5. The van der Waals surface area contributed by atoms with Gasteiger partial charge in [0, 0.05) is 58.9 Å². The smallest absolute Gasteiger partial charge is 0.242 e. The molecule has 1 aliphatic rings. The topological polar surface area (TPSA) is 73.0 Å². The van der Waals surface area contributed by atoms with Gasteiger partial charge in [-0.2, -0.15) is 0 Å². The third-order valence-corrected chi connectivity index (χ3v) is 7.35. The Balaban J connectivity index is 1.51. The minimum atomic E-state index is -3.62. The van der Waals surface area contributed by atoms with Gasteiger partial charge in [-0.1, -0.05) is 11.6 Å². The van der Waals surface area contributed by atoms with Gasteiger partial charge in [0.15, 0.2) is 0 Å². The van der Waals surface area contributed by atoms with Crippen molar-refractivity contribution < 1.29 is 17.6 Å². The van der Waals surface area contributed by atoms with Crippen LogP contribution in [0.4, 0.5) is 15.8 Å². The molecule has 1 N–H and O–H groups in total. The Hall–Kier alpha value is -2.20. The molecule has 168 valence electrons. The van der Waals surface area contributed by atoms with Crippen molar-refractivity contribution in [2.75, 3.05) is 57.0 Å². The van der Waals surface area contributed by atoms with Gasteiger partial charge in [0.25, 0.3) is 0 Å². The fourth-order valence-corrected chi connectivity index (χ4v) is 4.42. The Labute approximate surface area is 187 Å². The van der Waals surface area contributed by atoms with Gasteiger partial charge in [-0.3, -0.25) is 9.69 Å². The fourth-order valence-electron chi connectivity index (χ4n) is 3.33. The van der Waals surface area contributed by atoms with E-state index in [1.54, 1.807) is 12.1 Å². The number of piperazine rings is 1. The van der Waals surface area contributed by atoms with Gasteiger partial charge in [0.2, 0.25) is 15.9 Å². The molecule has 2 aromatic carbocycles. The lowest BCUT2D eigenvalue weighted by Gasteiger charge is -2.36. The number of nitrogens with zero attached hydrogens (tertiary/aromatic N) is 3. The summed E-state index contributed by atoms with van der Waals surface area (Å²) in [7, 11) is -0.737. The Morgan fingerprint density at radius 3 is 2.35 bits per heavy atom. The summed E-state index contributed by atoms with van der Waals surface area (Å²) in [6.07, 6.45) is 0.261. The lowest BCUT2D eigenvalue weighted by atomic mass is 10.2. The molecule has 1 amide bonds. The number of benzene rings is 2. The van der Waals surface area contributed by atoms with Crippen LogP contribution in [0.3, 0.4) is 0 Å². The third-order valence-electron chi connectivity index (χ3n) is 5.21. The van der Waals surface area contributed by atoms with Crippen molar-refractivity contribution >= 4 is 38.9 Å². The zero-order chi connectivity index (χ0) is 22.6. The first-order chi connectivity index (χ1) is 14.7. The molecule has 1 saturated heterocycles. The number of carbonyl (C=O) groups is 1. The highest BCUT2D eigenvalue weighted by molar-refractivity contribution is 7.89. The summed E-state index contributed by atoms with van der Waals surface area (Å²) in [4.78, 5) is 16.9. The monoisotopic (exact) mass is 468 g/mol. The molecular formula is C21H26ClFN4O3S. The van der Waals surface area contributed by atoms with E-state index in [-0.39, 0.29) is 33.8 Å². The number of nitrogens with one attached hydrogen (secondary N) is 1. The predicted molar refractivity (Wildman–Crippen MR) is 121 cm³/mol. The zero-order valence-corrected chi connectivity index (χ0v) is 19.1. The lowest BCUT2D eigenvalue weighted by molar-refractivity contribution is -0.116. The maximum Gasteiger partial charge on any atom is 0.242 e. The maximum atomic E-state index is 13.1. The van der Waals surface area contributed by atoms with Gasteiger partial charge in [-0.25, -0.2) is 17.1 Å². The number of hydrogen-bond acceptors (Lipinski definition) is 5. The molecule has 0 radical (unpaired) electrons. The van der Waals surface area contributed by atoms with Crippen molar-refractivity contribution in [3.63, 3.8) is 0 Å². The van der Waals surface area contributed by atoms with Crippen LogP contribution in [0, 0.1) is 5.82 Å². The molecule has 0 bridgehead atoms. The number of hydrogen-bond donors (Lipinski definition) is 1. The third kappa shape index (κ3) is 5.94. The van der Waals surface area contributed by atoms with Crippen molar-refractivity contribution in [3.8, 4) is 0 Å². The zero-order valence-electron chi connectivity index (χ0n) is 17.5. The highest BCUT2D eigenvalue weighted by Crippen LogP contribution is 2.26. The lowest BCUT2D eigenvalue weighted by Crippen LogP contribution is -2.47. The maximum absolute atomic E-state index is 13.1. The van der Waals surface area contributed by atoms with E-state index in [1.165, 1.54) is 44.4 Å². The Kier molecular flexibility index (Phi) is 7.53. The summed E-state index contributed by atoms with van der Waals surface area (Å²) in [6, 6.07) is 10.7. The molecule has 31 heavy (non-hydrogen) atoms. The van der Waals surface area contributed by atoms with Crippen molar-refractivity contribution in [1.82, 2.24) is 9.21 Å². The Morgan fingerprint density at radius 1 is 1.10 bits per heavy atom. The summed E-state index contributed by atoms with van der Waals surface area (Å²) in [5.74, 6) is -0.486. The van der Waals surface area contributed by atoms with E-state index in [9.17, 15) is 17.6 Å². The molecule has 0 aliphatic carbocycles. The second-order valence-corrected chi connectivity index (χ2v) is 10.1. The number of rotatable bonds is 7. The molecule has 1 heterocycles. The van der Waals surface area contributed by atoms with Crippen molar-refractivity contribution in [1.29, 1.82) is 0 Å². The van der Waals surface area contributed by atoms with Crippen LogP contribution in [-0.2, 0) is 14.8 Å². The van der Waals surface area contributed by atoms with Gasteiger partial charge < -0.3 is 10.2 Å². The van der Waals surface area contributed by atoms with Crippen molar-refractivity contribution in [2.45, 2.75) is 11.3 Å². The largest absolute Gasteiger partial charge is 0.369 e. The second kappa shape index (κ2) is 9.95. The van der Waals surface area contributed by atoms with E-state index in [0.29, 0.717) is 6.54 Å². The summed E-state index contributed by atoms with van der Waals surface area (Å²) in [5.41, 5.74) is 1.26. The minimum absolute atomic E-state index is 0.0640. The molecule has 7 nitrogen and oxygen atoms in total. The Morgan fingerprint density at radius 2 is 1.74 bits per heavy atom. The molecule has 0 saturated carbocycles. The number of sulfonamides is 1. The fraction of sp³-hybridized carbons (Fsp3) is 0.381. The predicted octanol–water partition coefficient (Wildman–Crippen LogP) is 2.88. The normalized spacial score (nSPS) is 15.3. The summed E-state index contributed by atoms with van der Waals surface area (Å²) in [6.45, 7) is 3.76. The molecule has 0 aromatic heterocycles. The standard InChI is InChI=1S/C21H26ClFN4O3S/c1-25(2)31(29,30)18-7-8-19(22)20(15-18)24-21(28)9-10-26-11-13-27(14-12-26)17-5-3-16(23)4-6-17/h3-8,15H,9-14H2,1-2H3,(H,24,28). The summed E-state index contributed by atoms with van der Waals surface area (Å²) < 4.78 is 38.8. The highest BCUT2D eigenvalue weighted by Gasteiger charge is 2.20. The van der Waals surface area contributed by atoms with E-state index in [4.69, 9.17) is 11.6 Å². The van der Waals surface area contributed by atoms with Gasteiger partial charge >= 0.3 is 0 Å². The molecule has 1 aliphatic heterocycles. The van der Waals surface area contributed by atoms with Crippen LogP contribution in [0.15, 0.2) is 47.4 Å². The van der Waals surface area contributed by atoms with E-state index in [1.807, 2.05) is 0 Å². The van der Waals surface area contributed by atoms with E-state index < -0.39 is 10.0 Å². The summed E-state index contributed by atoms with van der Waals surface area (Å²) in [5, 5.41) is 2.99. The number of carbonyl (C=O) groups excluding carboxylic acids is 1. The van der Waals surface area contributed by atoms with Crippen LogP contribution >= 0.6 is 11.6 Å². The number of amides is 1. The van der Waals surface area contributed by atoms with Gasteiger partial charge in [-0.05, 0) is 42.5 Å². The molecular weight excluding hydrogens is 443 g/mol. The van der Waals surface area contributed by atoms with Crippen LogP contribution < -0.4 is 10.2 Å². The summed E-state index contributed by atoms with van der Waals surface area (Å²) >= 11 is 6.14. The van der Waals surface area contributed by atoms with Crippen LogP contribution in [0.2, 0.25) is 5.02 Å². The van der Waals surface area contributed by atoms with Crippen LogP contribution in [0.1, 0.15) is 6.42 Å². The minimum Gasteiger partial charge on any atom is -0.369 e. The molecule has 0 atom stereocenters. The first-order valence-electron chi connectivity index (χ1n) is 9.91. The SMILES string of the molecule is CN(C)S(=O)(=O)c1ccc(Cl)c(NC(=O)CCN2CCN(c3ccc(F)cc3)CC2)c1. The molecule has 1 fully saturated rings. The highest BCUT2D eigenvalue weighted by atomic mass is 35.5. The molecule has 0 spiro atoms. The van der Waals surface area contributed by atoms with Gasteiger partial charge in [0.05, 0.1) is 15.6 Å². The van der Waals surface area contributed by atoms with Crippen molar-refractivity contribution in [2.24, 2.45) is 0 Å². The van der Waals surface area contributed by atoms with Gasteiger partial charge in [0.1, 0.15) is 5.82 Å². The van der Waals surface area contributed by atoms with Crippen LogP contribution in [0.25, 0.3) is 0 Å². The Bertz CT molecular complexity index is 1020. The van der Waals surface area contributed by atoms with E-state index in [0.717, 1.165) is 36.2 Å².